The van der Waals surface area contributed by atoms with Crippen LogP contribution in [-0.2, 0) is 36.8 Å². The number of H-pyrrole nitrogens is 1. The monoisotopic (exact) mass is 915 g/mol. The van der Waals surface area contributed by atoms with Crippen molar-refractivity contribution in [3.05, 3.63) is 124 Å². The van der Waals surface area contributed by atoms with Crippen LogP contribution in [0.15, 0.2) is 107 Å². The molecule has 1 aliphatic carbocycles. The minimum atomic E-state index is -1.27. The highest BCUT2D eigenvalue weighted by atomic mass is 16.4. The van der Waals surface area contributed by atoms with Crippen LogP contribution in [0.1, 0.15) is 47.4 Å². The summed E-state index contributed by atoms with van der Waals surface area (Å²) in [4.78, 5) is 108. The van der Waals surface area contributed by atoms with Crippen LogP contribution in [0, 0.1) is 0 Å². The van der Waals surface area contributed by atoms with E-state index in [4.69, 9.17) is 4.42 Å². The van der Waals surface area contributed by atoms with Crippen molar-refractivity contribution in [2.75, 3.05) is 32.0 Å². The number of aromatic carboxylic acids is 1. The van der Waals surface area contributed by atoms with Crippen LogP contribution < -0.4 is 42.6 Å². The number of anilines is 1. The molecule has 3 aromatic carbocycles. The third kappa shape index (κ3) is 13.5. The van der Waals surface area contributed by atoms with Crippen molar-refractivity contribution in [2.24, 2.45) is 0 Å². The zero-order valence-electron chi connectivity index (χ0n) is 36.3. The summed E-state index contributed by atoms with van der Waals surface area (Å²) < 4.78 is 5.87. The van der Waals surface area contributed by atoms with E-state index in [1.165, 1.54) is 43.6 Å². The minimum absolute atomic E-state index is 0.0766. The molecule has 7 amide bonds. The number of imidazole rings is 1. The molecule has 4 aromatic rings. The first kappa shape index (κ1) is 47.9. The average molecular weight is 916 g/mol. The molecule has 0 radical (unpaired) electrons. The van der Waals surface area contributed by atoms with E-state index in [0.29, 0.717) is 47.2 Å². The van der Waals surface area contributed by atoms with Gasteiger partial charge in [-0.1, -0.05) is 42.8 Å². The average Bonchev–Trinajstić information content (AvgIpc) is 3.83. The lowest BCUT2D eigenvalue weighted by Crippen LogP contribution is -2.56. The number of amides is 7. The Bertz CT molecular complexity index is 2780. The molecule has 20 nitrogen and oxygen atoms in total. The number of aromatic hydroxyl groups is 1. The van der Waals surface area contributed by atoms with Crippen molar-refractivity contribution < 1.29 is 48.2 Å². The summed E-state index contributed by atoms with van der Waals surface area (Å²) in [5.74, 6) is -3.46. The third-order valence-corrected chi connectivity index (χ3v) is 10.5. The van der Waals surface area contributed by atoms with Gasteiger partial charge >= 0.3 is 12.0 Å². The van der Waals surface area contributed by atoms with Crippen molar-refractivity contribution in [3.63, 3.8) is 0 Å². The topological polar surface area (TPSA) is 303 Å². The van der Waals surface area contributed by atoms with Gasteiger partial charge in [0.2, 0.25) is 29.5 Å². The number of benzene rings is 4. The molecule has 2 atom stereocenters. The number of aromatic amines is 1. The number of unbranched alkanes of at least 4 members (excludes halogenated alkanes) is 2. The molecule has 1 unspecified atom stereocenters. The Morgan fingerprint density at radius 1 is 0.746 bits per heavy atom. The predicted octanol–water partition coefficient (Wildman–Crippen LogP) is 2.81. The zero-order valence-corrected chi connectivity index (χ0v) is 36.3. The smallest absolute Gasteiger partial charge is 0.336 e. The van der Waals surface area contributed by atoms with E-state index in [1.54, 1.807) is 60.8 Å². The molecule has 0 fully saturated rings. The third-order valence-electron chi connectivity index (χ3n) is 10.5. The van der Waals surface area contributed by atoms with E-state index < -0.39 is 66.7 Å². The lowest BCUT2D eigenvalue weighted by Gasteiger charge is -2.22. The van der Waals surface area contributed by atoms with E-state index in [9.17, 15) is 48.6 Å². The molecular formula is C47H49N9O11. The van der Waals surface area contributed by atoms with Crippen LogP contribution in [0.25, 0.3) is 33.4 Å². The largest absolute Gasteiger partial charge is 0.508 e. The van der Waals surface area contributed by atoms with E-state index in [-0.39, 0.29) is 59.6 Å². The summed E-state index contributed by atoms with van der Waals surface area (Å²) in [7, 11) is 1.44. The number of carboxylic acid groups (broad SMARTS) is 1. The highest BCUT2D eigenvalue weighted by Gasteiger charge is 2.28. The Labute approximate surface area is 382 Å². The molecule has 6 rings (SSSR count). The van der Waals surface area contributed by atoms with E-state index in [1.807, 2.05) is 0 Å². The van der Waals surface area contributed by atoms with E-state index in [2.05, 4.69) is 47.2 Å². The fourth-order valence-electron chi connectivity index (χ4n) is 7.20. The van der Waals surface area contributed by atoms with Gasteiger partial charge in [-0.25, -0.2) is 14.6 Å². The molecule has 67 heavy (non-hydrogen) atoms. The van der Waals surface area contributed by atoms with E-state index in [0.717, 1.165) is 5.56 Å². The maximum atomic E-state index is 13.4. The first-order chi connectivity index (χ1) is 32.3. The molecule has 0 bridgehead atoms. The Hall–Kier alpha value is -8.55. The van der Waals surface area contributed by atoms with Crippen LogP contribution in [0.3, 0.4) is 0 Å². The molecule has 1 aromatic heterocycles. The quantitative estimate of drug-likeness (QED) is 0.0368. The van der Waals surface area contributed by atoms with Crippen molar-refractivity contribution in [1.82, 2.24) is 41.9 Å². The zero-order chi connectivity index (χ0) is 47.9. The van der Waals surface area contributed by atoms with E-state index >= 15 is 0 Å². The molecule has 0 saturated heterocycles. The standard InChI is InChI=1S/C47H49N9O11/c1-48-44(62)36(24-39-49-18-19-50-39)56-45(63)35(20-27-8-4-2-5-9-27)55-42(61)26-53-41(60)25-52-40(59)10-6-3-7-17-51-47(66)54-28-11-14-31(34(21-28)46(64)65)43-32-15-12-29(57)22-37(32)67-38-23-30(58)13-16-33(38)43/h2,4-5,8-9,11-16,18-19,21-23,35-36,57H,3,6-7,10,17,20,24-26H2,1H3,(H,48,62)(H,49,50)(H,52,59)(H,53,60)(H,55,61)(H,56,63)(H,64,65)(H2,51,54,66)/t35-,36?/m0/s1. The normalized spacial score (nSPS) is 11.8. The maximum absolute atomic E-state index is 13.4. The lowest BCUT2D eigenvalue weighted by molar-refractivity contribution is -0.132. The number of nitrogens with one attached hydrogen (secondary N) is 8. The molecule has 0 spiro atoms. The number of aromatic nitrogens is 2. The summed E-state index contributed by atoms with van der Waals surface area (Å²) >= 11 is 0. The molecule has 20 heteroatoms. The van der Waals surface area contributed by atoms with Crippen molar-refractivity contribution in [2.45, 2.75) is 50.6 Å². The fourth-order valence-corrected chi connectivity index (χ4v) is 7.20. The van der Waals surface area contributed by atoms with Gasteiger partial charge in [-0.05, 0) is 60.4 Å². The molecule has 1 aliphatic heterocycles. The van der Waals surface area contributed by atoms with Gasteiger partial charge in [-0.3, -0.25) is 28.8 Å². The number of fused-ring (bicyclic) bond motifs is 2. The molecular weight excluding hydrogens is 867 g/mol. The van der Waals surface area contributed by atoms with Crippen LogP contribution >= 0.6 is 0 Å². The van der Waals surface area contributed by atoms with Crippen LogP contribution in [0.5, 0.6) is 5.75 Å². The predicted molar refractivity (Wildman–Crippen MR) is 245 cm³/mol. The number of carbonyl (C=O) groups excluding carboxylic acids is 6. The van der Waals surface area contributed by atoms with Gasteiger partial charge in [0.25, 0.3) is 0 Å². The van der Waals surface area contributed by atoms with Crippen molar-refractivity contribution in [3.8, 4) is 28.2 Å². The molecule has 10 N–H and O–H groups in total. The Kier molecular flexibility index (Phi) is 16.4. The molecule has 0 saturated carbocycles. The Balaban J connectivity index is 0.910. The summed E-state index contributed by atoms with van der Waals surface area (Å²) in [6, 6.07) is 19.2. The summed E-state index contributed by atoms with van der Waals surface area (Å²) in [6.07, 6.45) is 4.89. The molecule has 2 heterocycles. The van der Waals surface area contributed by atoms with Crippen LogP contribution in [-0.4, -0.2) is 100 Å². The van der Waals surface area contributed by atoms with Crippen LogP contribution in [0.4, 0.5) is 10.5 Å². The Morgan fingerprint density at radius 3 is 2.24 bits per heavy atom. The van der Waals surface area contributed by atoms with Gasteiger partial charge < -0.3 is 56.8 Å². The lowest BCUT2D eigenvalue weighted by atomic mass is 9.90. The number of urea groups is 1. The van der Waals surface area contributed by atoms with Crippen molar-refractivity contribution in [1.29, 1.82) is 0 Å². The summed E-state index contributed by atoms with van der Waals surface area (Å²) in [6.45, 7) is -0.633. The minimum Gasteiger partial charge on any atom is -0.508 e. The number of nitrogens with zero attached hydrogens (tertiary/aromatic N) is 1. The molecule has 2 aliphatic rings. The fraction of sp³-hybridized carbons (Fsp3) is 0.255. The van der Waals surface area contributed by atoms with Crippen molar-refractivity contribution >= 4 is 58.2 Å². The first-order valence-corrected chi connectivity index (χ1v) is 21.3. The van der Waals surface area contributed by atoms with Gasteiger partial charge in [-0.2, -0.15) is 0 Å². The van der Waals surface area contributed by atoms with Gasteiger partial charge in [-0.15, -0.1) is 0 Å². The highest BCUT2D eigenvalue weighted by Crippen LogP contribution is 2.42. The van der Waals surface area contributed by atoms with Gasteiger partial charge in [0.1, 0.15) is 35.0 Å². The number of hydrogen-bond donors (Lipinski definition) is 10. The SMILES string of the molecule is CNC(=O)C(Cc1ncc[nH]1)NC(=O)[C@H](Cc1ccccc1)NC(=O)CNC(=O)CNC(=O)CCCCCNC(=O)Nc1ccc(-c2c3ccc(=O)cc-3oc3cc(O)ccc23)c(C(=O)O)c1. The first-order valence-electron chi connectivity index (χ1n) is 21.3. The summed E-state index contributed by atoms with van der Waals surface area (Å²) in [5.41, 5.74) is 1.98. The number of likely N-dealkylation sites (N-methyl/N-ethyl adjacent to an activating group) is 1. The number of phenols is 1. The van der Waals surface area contributed by atoms with Crippen LogP contribution in [0.2, 0.25) is 0 Å². The van der Waals surface area contributed by atoms with Gasteiger partial charge in [0.15, 0.2) is 5.43 Å². The van der Waals surface area contributed by atoms with Gasteiger partial charge in [0.05, 0.1) is 18.7 Å². The Morgan fingerprint density at radius 2 is 1.49 bits per heavy atom. The number of carbonyl (C=O) groups is 7. The number of rotatable bonds is 21. The highest BCUT2D eigenvalue weighted by molar-refractivity contribution is 6.08. The second-order valence-corrected chi connectivity index (χ2v) is 15.4. The summed E-state index contributed by atoms with van der Waals surface area (Å²) in [5, 5.41) is 38.8. The second-order valence-electron chi connectivity index (χ2n) is 15.4. The number of hydrogen-bond acceptors (Lipinski definition) is 11. The number of phenolic OH excluding ortho intramolecular Hbond substituents is 1. The molecule has 348 valence electrons. The second kappa shape index (κ2) is 22.9. The van der Waals surface area contributed by atoms with Gasteiger partial charge in [0, 0.05) is 79.6 Å². The number of carboxylic acids is 1. The maximum Gasteiger partial charge on any atom is 0.336 e.